The van der Waals surface area contributed by atoms with Gasteiger partial charge in [0.2, 0.25) is 5.91 Å². The number of ether oxygens (including phenoxy) is 1. The Kier molecular flexibility index (Phi) is 6.36. The minimum atomic E-state index is -0.809. The average molecular weight is 375 g/mol. The van der Waals surface area contributed by atoms with Gasteiger partial charge in [-0.15, -0.1) is 0 Å². The molecule has 3 rings (SSSR count). The highest BCUT2D eigenvalue weighted by atomic mass is 16.5. The molecule has 1 aromatic heterocycles. The molecule has 3 N–H and O–H groups in total. The van der Waals surface area contributed by atoms with Crippen LogP contribution in [0.2, 0.25) is 0 Å². The maximum atomic E-state index is 12.3. The second-order valence-corrected chi connectivity index (χ2v) is 6.29. The zero-order chi connectivity index (χ0) is 19.8. The summed E-state index contributed by atoms with van der Waals surface area (Å²) in [5.74, 6) is -0.232. The summed E-state index contributed by atoms with van der Waals surface area (Å²) in [4.78, 5) is 27.9. The van der Waals surface area contributed by atoms with Gasteiger partial charge in [-0.2, -0.15) is 0 Å². The first-order valence-electron chi connectivity index (χ1n) is 8.87. The van der Waals surface area contributed by atoms with Crippen LogP contribution in [-0.4, -0.2) is 22.8 Å². The molecule has 6 heteroatoms. The lowest BCUT2D eigenvalue weighted by Gasteiger charge is -2.16. The zero-order valence-corrected chi connectivity index (χ0v) is 15.2. The van der Waals surface area contributed by atoms with E-state index in [0.29, 0.717) is 18.6 Å². The summed E-state index contributed by atoms with van der Waals surface area (Å²) < 4.78 is 5.75. The fraction of sp³-hybridized carbons (Fsp3) is 0.136. The Morgan fingerprint density at radius 3 is 2.25 bits per heavy atom. The van der Waals surface area contributed by atoms with Crippen LogP contribution >= 0.6 is 0 Å². The first-order chi connectivity index (χ1) is 13.6. The number of nitrogens with zero attached hydrogens (tertiary/aromatic N) is 1. The third-order valence-corrected chi connectivity index (χ3v) is 4.20. The van der Waals surface area contributed by atoms with Gasteiger partial charge in [0, 0.05) is 24.4 Å². The molecule has 0 aliphatic rings. The molecule has 0 saturated carbocycles. The second kappa shape index (κ2) is 9.32. The quantitative estimate of drug-likeness (QED) is 0.632. The maximum absolute atomic E-state index is 12.3. The van der Waals surface area contributed by atoms with Gasteiger partial charge in [-0.25, -0.2) is 0 Å². The second-order valence-electron chi connectivity index (χ2n) is 6.29. The molecule has 0 aliphatic carbocycles. The molecule has 28 heavy (non-hydrogen) atoms. The van der Waals surface area contributed by atoms with Crippen molar-refractivity contribution in [2.75, 3.05) is 0 Å². The Morgan fingerprint density at radius 1 is 0.929 bits per heavy atom. The van der Waals surface area contributed by atoms with E-state index in [4.69, 9.17) is 10.5 Å². The van der Waals surface area contributed by atoms with Gasteiger partial charge in [0.15, 0.2) is 0 Å². The monoisotopic (exact) mass is 375 g/mol. The standard InChI is InChI=1S/C22H21N3O3/c23-21(26)20(25-22(27)18-10-12-24-13-11-18)14-16-6-8-19(9-7-16)28-15-17-4-2-1-3-5-17/h1-13,20H,14-15H2,(H2,23,26)(H,25,27)/t20-/m0/s1. The Hall–Kier alpha value is -3.67. The van der Waals surface area contributed by atoms with Gasteiger partial charge in [0.1, 0.15) is 18.4 Å². The molecule has 0 saturated heterocycles. The van der Waals surface area contributed by atoms with Crippen molar-refractivity contribution < 1.29 is 14.3 Å². The van der Waals surface area contributed by atoms with Gasteiger partial charge in [-0.05, 0) is 35.4 Å². The Bertz CT molecular complexity index is 913. The van der Waals surface area contributed by atoms with Crippen LogP contribution in [0.4, 0.5) is 0 Å². The van der Waals surface area contributed by atoms with E-state index < -0.39 is 11.9 Å². The molecule has 3 aromatic rings. The van der Waals surface area contributed by atoms with E-state index in [1.165, 1.54) is 12.4 Å². The third-order valence-electron chi connectivity index (χ3n) is 4.20. The molecule has 0 fully saturated rings. The lowest BCUT2D eigenvalue weighted by molar-refractivity contribution is -0.119. The normalized spacial score (nSPS) is 11.4. The van der Waals surface area contributed by atoms with Gasteiger partial charge < -0.3 is 15.8 Å². The Morgan fingerprint density at radius 2 is 1.61 bits per heavy atom. The largest absolute Gasteiger partial charge is 0.489 e. The van der Waals surface area contributed by atoms with E-state index in [9.17, 15) is 9.59 Å². The highest BCUT2D eigenvalue weighted by Crippen LogP contribution is 2.15. The molecule has 0 radical (unpaired) electrons. The van der Waals surface area contributed by atoms with Crippen LogP contribution in [0.5, 0.6) is 5.75 Å². The SMILES string of the molecule is NC(=O)[C@H](Cc1ccc(OCc2ccccc2)cc1)NC(=O)c1ccncc1. The predicted molar refractivity (Wildman–Crippen MR) is 106 cm³/mol. The van der Waals surface area contributed by atoms with Crippen LogP contribution in [-0.2, 0) is 17.8 Å². The van der Waals surface area contributed by atoms with Gasteiger partial charge in [-0.1, -0.05) is 42.5 Å². The van der Waals surface area contributed by atoms with Crippen LogP contribution < -0.4 is 15.8 Å². The van der Waals surface area contributed by atoms with Crippen molar-refractivity contribution in [1.29, 1.82) is 0 Å². The minimum absolute atomic E-state index is 0.297. The highest BCUT2D eigenvalue weighted by Gasteiger charge is 2.19. The van der Waals surface area contributed by atoms with Crippen LogP contribution in [0, 0.1) is 0 Å². The number of benzene rings is 2. The van der Waals surface area contributed by atoms with Crippen molar-refractivity contribution in [3.05, 3.63) is 95.8 Å². The Labute approximate surface area is 163 Å². The van der Waals surface area contributed by atoms with Crippen LogP contribution in [0.25, 0.3) is 0 Å². The number of aromatic nitrogens is 1. The number of rotatable bonds is 8. The first kappa shape index (κ1) is 19.1. The zero-order valence-electron chi connectivity index (χ0n) is 15.2. The molecule has 0 spiro atoms. The molecule has 1 atom stereocenters. The van der Waals surface area contributed by atoms with Crippen molar-refractivity contribution in [2.45, 2.75) is 19.1 Å². The number of pyridine rings is 1. The number of amides is 2. The van der Waals surface area contributed by atoms with Crippen LogP contribution in [0.1, 0.15) is 21.5 Å². The van der Waals surface area contributed by atoms with Crippen molar-refractivity contribution in [2.24, 2.45) is 5.73 Å². The van der Waals surface area contributed by atoms with Gasteiger partial charge in [0.05, 0.1) is 0 Å². The molecule has 0 bridgehead atoms. The Balaban J connectivity index is 1.59. The van der Waals surface area contributed by atoms with Gasteiger partial charge in [0.25, 0.3) is 5.91 Å². The molecule has 142 valence electrons. The maximum Gasteiger partial charge on any atom is 0.252 e. The number of carbonyl (C=O) groups excluding carboxylic acids is 2. The summed E-state index contributed by atoms with van der Waals surface area (Å²) in [6, 6.07) is 19.6. The summed E-state index contributed by atoms with van der Waals surface area (Å²) in [7, 11) is 0. The van der Waals surface area contributed by atoms with Crippen LogP contribution in [0.3, 0.4) is 0 Å². The molecule has 1 heterocycles. The predicted octanol–water partition coefficient (Wildman–Crippen LogP) is 2.49. The van der Waals surface area contributed by atoms with Crippen molar-refractivity contribution >= 4 is 11.8 Å². The molecule has 6 nitrogen and oxygen atoms in total. The lowest BCUT2D eigenvalue weighted by atomic mass is 10.0. The average Bonchev–Trinajstić information content (AvgIpc) is 2.74. The summed E-state index contributed by atoms with van der Waals surface area (Å²) in [6.07, 6.45) is 3.33. The molecule has 0 aliphatic heterocycles. The molecule has 0 unspecified atom stereocenters. The van der Waals surface area contributed by atoms with Crippen LogP contribution in [0.15, 0.2) is 79.1 Å². The molecular formula is C22H21N3O3. The number of hydrogen-bond acceptors (Lipinski definition) is 4. The van der Waals surface area contributed by atoms with E-state index in [1.807, 2.05) is 54.6 Å². The van der Waals surface area contributed by atoms with Crippen molar-refractivity contribution in [3.8, 4) is 5.75 Å². The number of nitrogens with two attached hydrogens (primary N) is 1. The lowest BCUT2D eigenvalue weighted by Crippen LogP contribution is -2.45. The summed E-state index contributed by atoms with van der Waals surface area (Å²) >= 11 is 0. The number of nitrogens with one attached hydrogen (secondary N) is 1. The summed E-state index contributed by atoms with van der Waals surface area (Å²) in [5.41, 5.74) is 7.83. The van der Waals surface area contributed by atoms with Gasteiger partial charge >= 0.3 is 0 Å². The van der Waals surface area contributed by atoms with E-state index in [1.54, 1.807) is 12.1 Å². The third kappa shape index (κ3) is 5.41. The van der Waals surface area contributed by atoms with Gasteiger partial charge in [-0.3, -0.25) is 14.6 Å². The summed E-state index contributed by atoms with van der Waals surface area (Å²) in [6.45, 7) is 0.478. The van der Waals surface area contributed by atoms with E-state index in [-0.39, 0.29) is 5.91 Å². The molecule has 2 aromatic carbocycles. The van der Waals surface area contributed by atoms with E-state index >= 15 is 0 Å². The minimum Gasteiger partial charge on any atom is -0.489 e. The van der Waals surface area contributed by atoms with Crippen molar-refractivity contribution in [3.63, 3.8) is 0 Å². The number of primary amides is 1. The number of carbonyl (C=O) groups is 2. The smallest absolute Gasteiger partial charge is 0.252 e. The fourth-order valence-corrected chi connectivity index (χ4v) is 2.67. The van der Waals surface area contributed by atoms with E-state index in [2.05, 4.69) is 10.3 Å². The topological polar surface area (TPSA) is 94.3 Å². The van der Waals surface area contributed by atoms with Crippen molar-refractivity contribution in [1.82, 2.24) is 10.3 Å². The fourth-order valence-electron chi connectivity index (χ4n) is 2.67. The molecule has 2 amide bonds. The number of hydrogen-bond donors (Lipinski definition) is 2. The molecular weight excluding hydrogens is 354 g/mol. The highest BCUT2D eigenvalue weighted by molar-refractivity contribution is 5.97. The summed E-state index contributed by atoms with van der Waals surface area (Å²) in [5, 5.41) is 2.67. The first-order valence-corrected chi connectivity index (χ1v) is 8.87. The van der Waals surface area contributed by atoms with E-state index in [0.717, 1.165) is 16.9 Å².